The molecule has 0 radical (unpaired) electrons. The number of halogens is 2. The van der Waals surface area contributed by atoms with E-state index in [4.69, 9.17) is 16.3 Å². The number of esters is 1. The first-order chi connectivity index (χ1) is 13.5. The number of ether oxygens (including phenoxy) is 1. The quantitative estimate of drug-likeness (QED) is 0.176. The van der Waals surface area contributed by atoms with Gasteiger partial charge in [0.15, 0.2) is 0 Å². The molecule has 0 bridgehead atoms. The third-order valence-corrected chi connectivity index (χ3v) is 4.84. The van der Waals surface area contributed by atoms with E-state index in [2.05, 4.69) is 33.1 Å². The van der Waals surface area contributed by atoms with Gasteiger partial charge in [0.2, 0.25) is 0 Å². The number of hydrogen-bond acceptors (Lipinski definition) is 4. The van der Waals surface area contributed by atoms with Crippen LogP contribution in [0, 0.1) is 3.57 Å². The van der Waals surface area contributed by atoms with Crippen LogP contribution in [0.15, 0.2) is 77.9 Å². The zero-order chi connectivity index (χ0) is 19.9. The smallest absolute Gasteiger partial charge is 0.343 e. The number of hydrazone groups is 1. The van der Waals surface area contributed by atoms with Gasteiger partial charge in [-0.2, -0.15) is 5.10 Å². The highest BCUT2D eigenvalue weighted by Gasteiger charge is 2.09. The van der Waals surface area contributed by atoms with E-state index in [0.717, 1.165) is 3.57 Å². The van der Waals surface area contributed by atoms with E-state index in [9.17, 15) is 9.59 Å². The number of carbonyl (C=O) groups is 2. The van der Waals surface area contributed by atoms with Crippen molar-refractivity contribution in [3.05, 3.63) is 98.1 Å². The highest BCUT2D eigenvalue weighted by atomic mass is 127. The van der Waals surface area contributed by atoms with Gasteiger partial charge in [-0.05, 0) is 76.7 Å². The molecule has 1 N–H and O–H groups in total. The van der Waals surface area contributed by atoms with Gasteiger partial charge in [-0.3, -0.25) is 4.79 Å². The maximum Gasteiger partial charge on any atom is 0.343 e. The summed E-state index contributed by atoms with van der Waals surface area (Å²) in [4.78, 5) is 24.3. The molecule has 3 aromatic rings. The molecule has 0 saturated carbocycles. The molecule has 28 heavy (non-hydrogen) atoms. The maximum absolute atomic E-state index is 12.2. The second-order valence-corrected chi connectivity index (χ2v) is 7.25. The summed E-state index contributed by atoms with van der Waals surface area (Å²) in [6.07, 6.45) is 1.48. The summed E-state index contributed by atoms with van der Waals surface area (Å²) in [5.41, 5.74) is 4.10. The Morgan fingerprint density at radius 3 is 2.50 bits per heavy atom. The number of nitrogens with zero attached hydrogens (tertiary/aromatic N) is 1. The van der Waals surface area contributed by atoms with Gasteiger partial charge in [0, 0.05) is 8.59 Å². The Morgan fingerprint density at radius 1 is 1.00 bits per heavy atom. The van der Waals surface area contributed by atoms with Crippen molar-refractivity contribution in [3.63, 3.8) is 0 Å². The Balaban J connectivity index is 1.63. The van der Waals surface area contributed by atoms with E-state index < -0.39 is 5.97 Å². The molecule has 0 saturated heterocycles. The lowest BCUT2D eigenvalue weighted by atomic mass is 10.2. The Bertz CT molecular complexity index is 1040. The summed E-state index contributed by atoms with van der Waals surface area (Å²) in [5.74, 6) is -0.419. The molecule has 0 aromatic heterocycles. The van der Waals surface area contributed by atoms with Gasteiger partial charge >= 0.3 is 5.97 Å². The average Bonchev–Trinajstić information content (AvgIpc) is 2.69. The molecule has 0 aliphatic heterocycles. The van der Waals surface area contributed by atoms with Gasteiger partial charge in [0.1, 0.15) is 5.75 Å². The molecule has 0 unspecified atom stereocenters. The molecule has 5 nitrogen and oxygen atoms in total. The number of benzene rings is 3. The summed E-state index contributed by atoms with van der Waals surface area (Å²) in [6, 6.07) is 20.5. The summed E-state index contributed by atoms with van der Waals surface area (Å²) >= 11 is 7.91. The number of hydrogen-bond donors (Lipinski definition) is 1. The van der Waals surface area contributed by atoms with Crippen LogP contribution in [-0.2, 0) is 0 Å². The van der Waals surface area contributed by atoms with Gasteiger partial charge in [-0.25, -0.2) is 10.2 Å². The third-order valence-electron chi connectivity index (χ3n) is 3.65. The SMILES string of the molecule is O=C(Oc1cccc(C=NNC(=O)c2ccccc2I)c1)c1ccc(Cl)cc1. The molecule has 0 heterocycles. The lowest BCUT2D eigenvalue weighted by Crippen LogP contribution is -2.18. The van der Waals surface area contributed by atoms with Crippen molar-refractivity contribution in [3.8, 4) is 5.75 Å². The standard InChI is InChI=1S/C21H14ClIN2O3/c22-16-10-8-15(9-11-16)21(27)28-17-5-3-4-14(12-17)13-24-25-20(26)18-6-1-2-7-19(18)23/h1-13H,(H,25,26). The topological polar surface area (TPSA) is 67.8 Å². The van der Waals surface area contributed by atoms with Gasteiger partial charge in [-0.15, -0.1) is 0 Å². The van der Waals surface area contributed by atoms with Crippen LogP contribution in [0.2, 0.25) is 5.02 Å². The van der Waals surface area contributed by atoms with Crippen molar-refractivity contribution < 1.29 is 14.3 Å². The van der Waals surface area contributed by atoms with E-state index in [1.807, 2.05) is 12.1 Å². The summed E-state index contributed by atoms with van der Waals surface area (Å²) in [6.45, 7) is 0. The second-order valence-electron chi connectivity index (χ2n) is 5.65. The van der Waals surface area contributed by atoms with Crippen LogP contribution in [0.4, 0.5) is 0 Å². The van der Waals surface area contributed by atoms with Crippen LogP contribution in [0.5, 0.6) is 5.75 Å². The fourth-order valence-electron chi connectivity index (χ4n) is 2.28. The molecule has 0 aliphatic rings. The predicted octanol–water partition coefficient (Wildman–Crippen LogP) is 4.93. The van der Waals surface area contributed by atoms with E-state index in [1.165, 1.54) is 6.21 Å². The third kappa shape index (κ3) is 5.40. The van der Waals surface area contributed by atoms with E-state index in [-0.39, 0.29) is 5.91 Å². The lowest BCUT2D eigenvalue weighted by Gasteiger charge is -2.05. The minimum absolute atomic E-state index is 0.299. The van der Waals surface area contributed by atoms with Crippen molar-refractivity contribution in [2.45, 2.75) is 0 Å². The highest BCUT2D eigenvalue weighted by Crippen LogP contribution is 2.16. The molecule has 0 aliphatic carbocycles. The number of carbonyl (C=O) groups excluding carboxylic acids is 2. The molecular weight excluding hydrogens is 491 g/mol. The van der Waals surface area contributed by atoms with Crippen molar-refractivity contribution >= 4 is 52.3 Å². The van der Waals surface area contributed by atoms with Crippen molar-refractivity contribution in [1.29, 1.82) is 0 Å². The molecule has 0 atom stereocenters. The van der Waals surface area contributed by atoms with Gasteiger partial charge < -0.3 is 4.74 Å². The average molecular weight is 505 g/mol. The Hall–Kier alpha value is -2.71. The highest BCUT2D eigenvalue weighted by molar-refractivity contribution is 14.1. The van der Waals surface area contributed by atoms with Crippen LogP contribution >= 0.6 is 34.2 Å². The van der Waals surface area contributed by atoms with Crippen LogP contribution in [0.1, 0.15) is 26.3 Å². The molecule has 140 valence electrons. The normalized spacial score (nSPS) is 10.6. The van der Waals surface area contributed by atoms with Gasteiger partial charge in [0.25, 0.3) is 5.91 Å². The molecular formula is C21H14ClIN2O3. The minimum Gasteiger partial charge on any atom is -0.423 e. The summed E-state index contributed by atoms with van der Waals surface area (Å²) in [5, 5.41) is 4.51. The molecule has 3 rings (SSSR count). The maximum atomic E-state index is 12.2. The fourth-order valence-corrected chi connectivity index (χ4v) is 3.04. The van der Waals surface area contributed by atoms with Gasteiger partial charge in [-0.1, -0.05) is 35.9 Å². The monoisotopic (exact) mass is 504 g/mol. The van der Waals surface area contributed by atoms with Crippen molar-refractivity contribution in [2.75, 3.05) is 0 Å². The Labute approximate surface area is 180 Å². The number of amides is 1. The molecule has 3 aromatic carbocycles. The first-order valence-corrected chi connectivity index (χ1v) is 9.64. The Morgan fingerprint density at radius 2 is 1.75 bits per heavy atom. The van der Waals surface area contributed by atoms with Crippen molar-refractivity contribution in [1.82, 2.24) is 5.43 Å². The summed E-state index contributed by atoms with van der Waals surface area (Å²) in [7, 11) is 0. The first-order valence-electron chi connectivity index (χ1n) is 8.19. The fraction of sp³-hybridized carbons (Fsp3) is 0. The molecule has 0 spiro atoms. The van der Waals surface area contributed by atoms with Crippen LogP contribution in [0.3, 0.4) is 0 Å². The van der Waals surface area contributed by atoms with Gasteiger partial charge in [0.05, 0.1) is 17.3 Å². The summed E-state index contributed by atoms with van der Waals surface area (Å²) < 4.78 is 6.20. The number of rotatable bonds is 5. The van der Waals surface area contributed by atoms with Crippen LogP contribution in [0.25, 0.3) is 0 Å². The van der Waals surface area contributed by atoms with E-state index >= 15 is 0 Å². The largest absolute Gasteiger partial charge is 0.423 e. The number of nitrogens with one attached hydrogen (secondary N) is 1. The molecule has 1 amide bonds. The van der Waals surface area contributed by atoms with Crippen molar-refractivity contribution in [2.24, 2.45) is 5.10 Å². The first kappa shape index (κ1) is 20.0. The van der Waals surface area contributed by atoms with Crippen LogP contribution in [-0.4, -0.2) is 18.1 Å². The lowest BCUT2D eigenvalue weighted by molar-refractivity contribution is 0.0734. The Kier molecular flexibility index (Phi) is 6.78. The predicted molar refractivity (Wildman–Crippen MR) is 117 cm³/mol. The molecule has 7 heteroatoms. The molecule has 0 fully saturated rings. The zero-order valence-corrected chi connectivity index (χ0v) is 17.3. The second kappa shape index (κ2) is 9.48. The van der Waals surface area contributed by atoms with E-state index in [1.54, 1.807) is 60.7 Å². The van der Waals surface area contributed by atoms with Crippen LogP contribution < -0.4 is 10.2 Å². The minimum atomic E-state index is -0.488. The zero-order valence-electron chi connectivity index (χ0n) is 14.4. The van der Waals surface area contributed by atoms with E-state index in [0.29, 0.717) is 27.5 Å².